The van der Waals surface area contributed by atoms with Gasteiger partial charge in [0.05, 0.1) is 23.0 Å². The van der Waals surface area contributed by atoms with E-state index in [0.29, 0.717) is 23.0 Å². The van der Waals surface area contributed by atoms with Gasteiger partial charge >= 0.3 is 5.97 Å². The summed E-state index contributed by atoms with van der Waals surface area (Å²) in [6.07, 6.45) is 0.498. The topological polar surface area (TPSA) is 116 Å². The Morgan fingerprint density at radius 1 is 1.16 bits per heavy atom. The average molecular weight is 337 g/mol. The van der Waals surface area contributed by atoms with E-state index in [2.05, 4.69) is 5.32 Å². The fourth-order valence-electron chi connectivity index (χ4n) is 2.61. The van der Waals surface area contributed by atoms with E-state index in [1.54, 1.807) is 43.4 Å². The molecule has 0 bridgehead atoms. The number of aromatic carboxylic acids is 1. The van der Waals surface area contributed by atoms with Gasteiger partial charge in [-0.05, 0) is 30.3 Å². The maximum atomic E-state index is 11.3. The maximum absolute atomic E-state index is 11.3. The van der Waals surface area contributed by atoms with Gasteiger partial charge in [-0.2, -0.15) is 0 Å². The molecule has 0 saturated heterocycles. The first-order valence-electron chi connectivity index (χ1n) is 7.59. The second-order valence-corrected chi connectivity index (χ2v) is 5.38. The van der Waals surface area contributed by atoms with Crippen LogP contribution in [0.4, 0.5) is 0 Å². The van der Waals surface area contributed by atoms with Gasteiger partial charge in [-0.15, -0.1) is 0 Å². The van der Waals surface area contributed by atoms with E-state index >= 15 is 0 Å². The Labute approximate surface area is 145 Å². The Balaban J connectivity index is 2.56. The molecule has 0 aromatic heterocycles. The van der Waals surface area contributed by atoms with Crippen molar-refractivity contribution in [2.45, 2.75) is 6.04 Å². The number of carbonyl (C=O) groups is 2. The van der Waals surface area contributed by atoms with Crippen molar-refractivity contribution >= 4 is 18.0 Å². The second kappa shape index (κ2) is 8.03. The zero-order valence-electron chi connectivity index (χ0n) is 13.7. The second-order valence-electron chi connectivity index (χ2n) is 5.38. The van der Waals surface area contributed by atoms with E-state index in [0.717, 1.165) is 0 Å². The van der Waals surface area contributed by atoms with Crippen molar-refractivity contribution in [1.82, 2.24) is 5.32 Å². The molecule has 1 atom stereocenters. The molecular formula is C19H19N3O3. The molecule has 0 spiro atoms. The van der Waals surface area contributed by atoms with Gasteiger partial charge in [-0.1, -0.05) is 42.5 Å². The highest BCUT2D eigenvalue weighted by molar-refractivity contribution is 6.13. The number of carbonyl (C=O) groups excluding carboxylic acids is 1. The minimum absolute atomic E-state index is 0.0751. The summed E-state index contributed by atoms with van der Waals surface area (Å²) in [6, 6.07) is 14.6. The number of rotatable bonds is 7. The van der Waals surface area contributed by atoms with Crippen LogP contribution in [0.1, 0.15) is 27.5 Å². The Morgan fingerprint density at radius 2 is 1.80 bits per heavy atom. The summed E-state index contributed by atoms with van der Waals surface area (Å²) < 4.78 is 0. The number of carboxylic acids is 1. The molecule has 128 valence electrons. The van der Waals surface area contributed by atoms with E-state index in [1.165, 1.54) is 12.1 Å². The van der Waals surface area contributed by atoms with E-state index < -0.39 is 12.0 Å². The lowest BCUT2D eigenvalue weighted by molar-refractivity contribution is -0.105. The monoisotopic (exact) mass is 337 g/mol. The van der Waals surface area contributed by atoms with Crippen LogP contribution in [0.3, 0.4) is 0 Å². The molecule has 2 aromatic rings. The largest absolute Gasteiger partial charge is 0.478 e. The molecule has 0 aliphatic heterocycles. The lowest BCUT2D eigenvalue weighted by Gasteiger charge is -2.22. The highest BCUT2D eigenvalue weighted by Gasteiger charge is 2.23. The van der Waals surface area contributed by atoms with Crippen LogP contribution in [0.5, 0.6) is 0 Å². The van der Waals surface area contributed by atoms with Gasteiger partial charge in [-0.25, -0.2) is 4.79 Å². The summed E-state index contributed by atoms with van der Waals surface area (Å²) >= 11 is 0. The zero-order chi connectivity index (χ0) is 18.4. The Morgan fingerprint density at radius 3 is 2.36 bits per heavy atom. The first-order chi connectivity index (χ1) is 12.0. The zero-order valence-corrected chi connectivity index (χ0v) is 13.7. The average Bonchev–Trinajstić information content (AvgIpc) is 2.65. The predicted molar refractivity (Wildman–Crippen MR) is 95.8 cm³/mol. The molecule has 2 aromatic carbocycles. The van der Waals surface area contributed by atoms with Crippen molar-refractivity contribution in [3.8, 4) is 0 Å². The predicted octanol–water partition coefficient (Wildman–Crippen LogP) is 2.13. The Bertz CT molecular complexity index is 829. The number of allylic oxidation sites excluding steroid dienone is 1. The molecule has 0 radical (unpaired) electrons. The molecule has 0 heterocycles. The van der Waals surface area contributed by atoms with Crippen LogP contribution in [0.25, 0.3) is 0 Å². The molecule has 5 N–H and O–H groups in total. The highest BCUT2D eigenvalue weighted by atomic mass is 16.4. The van der Waals surface area contributed by atoms with Gasteiger partial charge < -0.3 is 16.2 Å². The van der Waals surface area contributed by atoms with E-state index in [-0.39, 0.29) is 17.0 Å². The summed E-state index contributed by atoms with van der Waals surface area (Å²) in [5.74, 6) is -1.05. The van der Waals surface area contributed by atoms with E-state index in [9.17, 15) is 14.7 Å². The van der Waals surface area contributed by atoms with Gasteiger partial charge in [0.1, 0.15) is 0 Å². The van der Waals surface area contributed by atoms with Gasteiger partial charge in [0.25, 0.3) is 0 Å². The van der Waals surface area contributed by atoms with Crippen LogP contribution < -0.4 is 11.1 Å². The molecule has 0 aliphatic rings. The lowest BCUT2D eigenvalue weighted by Crippen LogP contribution is -2.27. The van der Waals surface area contributed by atoms with Gasteiger partial charge in [0.2, 0.25) is 0 Å². The van der Waals surface area contributed by atoms with Crippen LogP contribution in [-0.4, -0.2) is 30.1 Å². The van der Waals surface area contributed by atoms with Crippen LogP contribution in [0.2, 0.25) is 0 Å². The number of hydrogen-bond donors (Lipinski definition) is 4. The third-order valence-electron chi connectivity index (χ3n) is 3.81. The molecule has 2 rings (SSSR count). The molecule has 0 saturated carbocycles. The standard InChI is InChI=1S/C19H19N3O3/c1-22-18(13-8-5-9-14(10-13)19(24)25)16(15(20)11-23)17(21)12-6-3-2-4-7-12/h2-11,18,21-22H,20H2,1H3,(H,24,25)/b16-15+,21-17?. The van der Waals surface area contributed by atoms with Crippen LogP contribution >= 0.6 is 0 Å². The third-order valence-corrected chi connectivity index (χ3v) is 3.81. The summed E-state index contributed by atoms with van der Waals surface area (Å²) in [4.78, 5) is 22.5. The maximum Gasteiger partial charge on any atom is 0.335 e. The van der Waals surface area contributed by atoms with E-state index in [1.807, 2.05) is 6.07 Å². The first-order valence-corrected chi connectivity index (χ1v) is 7.59. The first kappa shape index (κ1) is 18.1. The molecule has 0 fully saturated rings. The molecule has 0 aliphatic carbocycles. The molecule has 0 amide bonds. The van der Waals surface area contributed by atoms with Crippen molar-refractivity contribution < 1.29 is 14.7 Å². The number of hydrogen-bond acceptors (Lipinski definition) is 5. The summed E-state index contributed by atoms with van der Waals surface area (Å²) in [5.41, 5.74) is 7.53. The highest BCUT2D eigenvalue weighted by Crippen LogP contribution is 2.26. The van der Waals surface area contributed by atoms with Crippen molar-refractivity contribution in [2.24, 2.45) is 5.73 Å². The van der Waals surface area contributed by atoms with E-state index in [4.69, 9.17) is 11.1 Å². The summed E-state index contributed by atoms with van der Waals surface area (Å²) in [7, 11) is 1.66. The van der Waals surface area contributed by atoms with Crippen LogP contribution in [-0.2, 0) is 4.79 Å². The fraction of sp³-hybridized carbons (Fsp3) is 0.105. The molecular weight excluding hydrogens is 318 g/mol. The number of nitrogens with two attached hydrogens (primary N) is 1. The number of carboxylic acid groups (broad SMARTS) is 1. The van der Waals surface area contributed by atoms with Gasteiger partial charge in [0, 0.05) is 5.57 Å². The smallest absolute Gasteiger partial charge is 0.335 e. The molecule has 6 heteroatoms. The van der Waals surface area contributed by atoms with Crippen LogP contribution in [0, 0.1) is 5.41 Å². The minimum atomic E-state index is -1.05. The normalized spacial score (nSPS) is 12.8. The Hall–Kier alpha value is -3.25. The summed E-state index contributed by atoms with van der Waals surface area (Å²) in [6.45, 7) is 0. The minimum Gasteiger partial charge on any atom is -0.478 e. The number of likely N-dealkylation sites (N-methyl/N-ethyl adjacent to an activating group) is 1. The molecule has 6 nitrogen and oxygen atoms in total. The van der Waals surface area contributed by atoms with Crippen molar-refractivity contribution in [3.05, 3.63) is 82.6 Å². The molecule has 25 heavy (non-hydrogen) atoms. The quantitative estimate of drug-likeness (QED) is 0.351. The van der Waals surface area contributed by atoms with Crippen molar-refractivity contribution in [1.29, 1.82) is 5.41 Å². The summed E-state index contributed by atoms with van der Waals surface area (Å²) in [5, 5.41) is 20.7. The van der Waals surface area contributed by atoms with Crippen molar-refractivity contribution in [2.75, 3.05) is 7.05 Å². The number of benzene rings is 2. The third kappa shape index (κ3) is 3.99. The van der Waals surface area contributed by atoms with Gasteiger partial charge in [-0.3, -0.25) is 10.2 Å². The Kier molecular flexibility index (Phi) is 5.81. The lowest BCUT2D eigenvalue weighted by atomic mass is 9.89. The number of nitrogens with one attached hydrogen (secondary N) is 2. The molecule has 1 unspecified atom stereocenters. The van der Waals surface area contributed by atoms with Gasteiger partial charge in [0.15, 0.2) is 6.29 Å². The fourth-order valence-corrected chi connectivity index (χ4v) is 2.61. The van der Waals surface area contributed by atoms with Crippen molar-refractivity contribution in [3.63, 3.8) is 0 Å². The SMILES string of the molecule is CNC(/C(C(=N)c1ccccc1)=C(/N)C=O)c1cccc(C(=O)O)c1. The number of aldehydes is 1. The van der Waals surface area contributed by atoms with Crippen LogP contribution in [0.15, 0.2) is 65.9 Å².